The van der Waals surface area contributed by atoms with Gasteiger partial charge in [-0.25, -0.2) is 5.01 Å². The van der Waals surface area contributed by atoms with Crippen molar-refractivity contribution in [2.24, 2.45) is 5.10 Å². The Morgan fingerprint density at radius 3 is 2.34 bits per heavy atom. The van der Waals surface area contributed by atoms with E-state index in [1.54, 1.807) is 33.4 Å². The molecule has 0 spiro atoms. The Hall–Kier alpha value is -3.22. The van der Waals surface area contributed by atoms with Crippen LogP contribution in [0.2, 0.25) is 0 Å². The van der Waals surface area contributed by atoms with Crippen molar-refractivity contribution in [1.29, 1.82) is 0 Å². The summed E-state index contributed by atoms with van der Waals surface area (Å²) < 4.78 is 21.4. The average molecular weight is 398 g/mol. The van der Waals surface area contributed by atoms with Crippen LogP contribution >= 0.6 is 0 Å². The van der Waals surface area contributed by atoms with E-state index in [1.807, 2.05) is 36.4 Å². The number of hydrogen-bond donors (Lipinski definition) is 0. The smallest absolute Gasteiger partial charge is 0.243 e. The van der Waals surface area contributed by atoms with Crippen molar-refractivity contribution in [2.75, 3.05) is 35.0 Å². The van der Waals surface area contributed by atoms with Crippen molar-refractivity contribution in [3.8, 4) is 23.0 Å². The van der Waals surface area contributed by atoms with Crippen LogP contribution in [0, 0.1) is 0 Å². The maximum Gasteiger partial charge on any atom is 0.243 e. The van der Waals surface area contributed by atoms with Gasteiger partial charge in [0.15, 0.2) is 11.5 Å². The van der Waals surface area contributed by atoms with E-state index in [4.69, 9.17) is 18.9 Å². The first-order chi connectivity index (χ1) is 14.1. The monoisotopic (exact) mass is 398 g/mol. The Labute approximate surface area is 170 Å². The lowest BCUT2D eigenvalue weighted by Crippen LogP contribution is -2.23. The van der Waals surface area contributed by atoms with Crippen LogP contribution in [0.25, 0.3) is 0 Å². The highest BCUT2D eigenvalue weighted by molar-refractivity contribution is 6.02. The maximum atomic E-state index is 12.7. The SMILES string of the molecule is COc1cccc(C2=NN(C(=O)CCc3cc(OC)c(OC)c(OC)c3)CC2)c1. The van der Waals surface area contributed by atoms with Crippen LogP contribution in [0.5, 0.6) is 23.0 Å². The molecule has 1 aliphatic rings. The second-order valence-electron chi connectivity index (χ2n) is 6.58. The van der Waals surface area contributed by atoms with E-state index in [2.05, 4.69) is 5.10 Å². The number of benzene rings is 2. The molecule has 0 radical (unpaired) electrons. The predicted octanol–water partition coefficient (Wildman–Crippen LogP) is 3.29. The molecule has 3 rings (SSSR count). The molecule has 0 unspecified atom stereocenters. The van der Waals surface area contributed by atoms with Gasteiger partial charge in [0.25, 0.3) is 0 Å². The van der Waals surface area contributed by atoms with Gasteiger partial charge in [-0.3, -0.25) is 4.79 Å². The van der Waals surface area contributed by atoms with Gasteiger partial charge in [-0.05, 0) is 36.2 Å². The number of hydrogen-bond acceptors (Lipinski definition) is 6. The number of carbonyl (C=O) groups is 1. The van der Waals surface area contributed by atoms with E-state index in [1.165, 1.54) is 0 Å². The number of ether oxygens (including phenoxy) is 4. The van der Waals surface area contributed by atoms with E-state index in [-0.39, 0.29) is 5.91 Å². The zero-order valence-electron chi connectivity index (χ0n) is 17.2. The van der Waals surface area contributed by atoms with Crippen molar-refractivity contribution >= 4 is 11.6 Å². The molecular formula is C22H26N2O5. The molecule has 0 N–H and O–H groups in total. The molecule has 1 aliphatic heterocycles. The Morgan fingerprint density at radius 2 is 1.72 bits per heavy atom. The fraction of sp³-hybridized carbons (Fsp3) is 0.364. The van der Waals surface area contributed by atoms with Crippen molar-refractivity contribution in [3.63, 3.8) is 0 Å². The summed E-state index contributed by atoms with van der Waals surface area (Å²) in [6.07, 6.45) is 1.62. The van der Waals surface area contributed by atoms with E-state index < -0.39 is 0 Å². The number of hydrazone groups is 1. The first-order valence-electron chi connectivity index (χ1n) is 9.40. The molecule has 0 bridgehead atoms. The second kappa shape index (κ2) is 9.32. The first-order valence-corrected chi connectivity index (χ1v) is 9.40. The van der Waals surface area contributed by atoms with Gasteiger partial charge in [-0.2, -0.15) is 5.10 Å². The lowest BCUT2D eigenvalue weighted by molar-refractivity contribution is -0.130. The number of rotatable bonds is 8. The summed E-state index contributed by atoms with van der Waals surface area (Å²) >= 11 is 0. The molecule has 0 saturated heterocycles. The van der Waals surface area contributed by atoms with Gasteiger partial charge >= 0.3 is 0 Å². The Kier molecular flexibility index (Phi) is 6.59. The van der Waals surface area contributed by atoms with Gasteiger partial charge in [0.05, 0.1) is 40.7 Å². The fourth-order valence-corrected chi connectivity index (χ4v) is 3.30. The summed E-state index contributed by atoms with van der Waals surface area (Å²) in [4.78, 5) is 12.7. The minimum absolute atomic E-state index is 0.0170. The summed E-state index contributed by atoms with van der Waals surface area (Å²) in [6, 6.07) is 11.5. The van der Waals surface area contributed by atoms with Crippen LogP contribution in [0.3, 0.4) is 0 Å². The van der Waals surface area contributed by atoms with Gasteiger partial charge in [0, 0.05) is 18.4 Å². The lowest BCUT2D eigenvalue weighted by Gasteiger charge is -2.15. The standard InChI is InChI=1S/C22H26N2O5/c1-26-17-7-5-6-16(14-17)18-10-11-24(23-18)21(25)9-8-15-12-19(27-2)22(29-4)20(13-15)28-3/h5-7,12-14H,8-11H2,1-4H3. The normalized spacial score (nSPS) is 13.1. The third kappa shape index (κ3) is 4.62. The van der Waals surface area contributed by atoms with E-state index >= 15 is 0 Å². The molecule has 0 fully saturated rings. The summed E-state index contributed by atoms with van der Waals surface area (Å²) in [6.45, 7) is 0.584. The fourth-order valence-electron chi connectivity index (χ4n) is 3.30. The molecule has 2 aromatic carbocycles. The van der Waals surface area contributed by atoms with Gasteiger partial charge < -0.3 is 18.9 Å². The van der Waals surface area contributed by atoms with E-state index in [0.29, 0.717) is 36.6 Å². The zero-order valence-corrected chi connectivity index (χ0v) is 17.2. The number of amides is 1. The van der Waals surface area contributed by atoms with Crippen molar-refractivity contribution < 1.29 is 23.7 Å². The van der Waals surface area contributed by atoms with Crippen LogP contribution in [0.15, 0.2) is 41.5 Å². The largest absolute Gasteiger partial charge is 0.497 e. The third-order valence-corrected chi connectivity index (χ3v) is 4.84. The van der Waals surface area contributed by atoms with E-state index in [9.17, 15) is 4.79 Å². The molecule has 0 aromatic heterocycles. The molecule has 0 aliphatic carbocycles. The minimum Gasteiger partial charge on any atom is -0.497 e. The number of aryl methyl sites for hydroxylation is 1. The van der Waals surface area contributed by atoms with Gasteiger partial charge in [-0.1, -0.05) is 12.1 Å². The third-order valence-electron chi connectivity index (χ3n) is 4.84. The van der Waals surface area contributed by atoms with Crippen LogP contribution in [-0.4, -0.2) is 51.6 Å². The molecular weight excluding hydrogens is 372 g/mol. The van der Waals surface area contributed by atoms with Crippen molar-refractivity contribution in [3.05, 3.63) is 47.5 Å². The highest BCUT2D eigenvalue weighted by Crippen LogP contribution is 2.38. The molecule has 0 atom stereocenters. The van der Waals surface area contributed by atoms with Crippen LogP contribution in [-0.2, 0) is 11.2 Å². The van der Waals surface area contributed by atoms with Crippen LogP contribution in [0.1, 0.15) is 24.0 Å². The second-order valence-corrected chi connectivity index (χ2v) is 6.58. The van der Waals surface area contributed by atoms with Crippen molar-refractivity contribution in [1.82, 2.24) is 5.01 Å². The first kappa shape index (κ1) is 20.5. The van der Waals surface area contributed by atoms with E-state index in [0.717, 1.165) is 29.0 Å². The number of carbonyl (C=O) groups excluding carboxylic acids is 1. The molecule has 154 valence electrons. The Morgan fingerprint density at radius 1 is 1.00 bits per heavy atom. The molecule has 1 amide bonds. The minimum atomic E-state index is -0.0170. The number of methoxy groups -OCH3 is 4. The maximum absolute atomic E-state index is 12.7. The molecule has 29 heavy (non-hydrogen) atoms. The zero-order chi connectivity index (χ0) is 20.8. The molecule has 2 aromatic rings. The predicted molar refractivity (Wildman–Crippen MR) is 110 cm³/mol. The molecule has 0 saturated carbocycles. The molecule has 7 heteroatoms. The molecule has 1 heterocycles. The van der Waals surface area contributed by atoms with Crippen LogP contribution < -0.4 is 18.9 Å². The van der Waals surface area contributed by atoms with Gasteiger partial charge in [0.1, 0.15) is 5.75 Å². The quantitative estimate of drug-likeness (QED) is 0.683. The van der Waals surface area contributed by atoms with Gasteiger partial charge in [-0.15, -0.1) is 0 Å². The highest BCUT2D eigenvalue weighted by atomic mass is 16.5. The summed E-state index contributed by atoms with van der Waals surface area (Å²) in [5, 5.41) is 6.06. The summed E-state index contributed by atoms with van der Waals surface area (Å²) in [7, 11) is 6.35. The Bertz CT molecular complexity index is 885. The van der Waals surface area contributed by atoms with Crippen LogP contribution in [0.4, 0.5) is 0 Å². The molecule has 7 nitrogen and oxygen atoms in total. The summed E-state index contributed by atoms with van der Waals surface area (Å²) in [5.41, 5.74) is 2.80. The van der Waals surface area contributed by atoms with Crippen molar-refractivity contribution in [2.45, 2.75) is 19.3 Å². The number of nitrogens with zero attached hydrogens (tertiary/aromatic N) is 2. The van der Waals surface area contributed by atoms with Gasteiger partial charge in [0.2, 0.25) is 11.7 Å². The summed E-state index contributed by atoms with van der Waals surface area (Å²) in [5.74, 6) is 2.45. The highest BCUT2D eigenvalue weighted by Gasteiger charge is 2.22. The topological polar surface area (TPSA) is 69.6 Å². The Balaban J connectivity index is 1.67. The lowest BCUT2D eigenvalue weighted by atomic mass is 10.1. The average Bonchev–Trinajstić information content (AvgIpc) is 3.27.